The van der Waals surface area contributed by atoms with Crippen molar-refractivity contribution in [1.82, 2.24) is 0 Å². The van der Waals surface area contributed by atoms with E-state index in [1.165, 1.54) is 0 Å². The SMILES string of the molecule is CC(C)C(=O)C1=C(C(C)C)Oc2ccccc2C1c1ccccc1. The summed E-state index contributed by atoms with van der Waals surface area (Å²) in [5, 5.41) is 0. The van der Waals surface area contributed by atoms with Gasteiger partial charge in [0.15, 0.2) is 5.78 Å². The van der Waals surface area contributed by atoms with Crippen LogP contribution in [-0.4, -0.2) is 5.78 Å². The van der Waals surface area contributed by atoms with Crippen molar-refractivity contribution in [3.8, 4) is 5.75 Å². The third-order valence-electron chi connectivity index (χ3n) is 4.45. The number of ketones is 1. The maximum absolute atomic E-state index is 13.1. The molecule has 1 atom stereocenters. The van der Waals surface area contributed by atoms with E-state index in [-0.39, 0.29) is 23.5 Å². The molecular weight excluding hydrogens is 296 g/mol. The van der Waals surface area contributed by atoms with E-state index in [2.05, 4.69) is 32.0 Å². The average Bonchev–Trinajstić information content (AvgIpc) is 2.60. The minimum atomic E-state index is -0.0663. The normalized spacial score (nSPS) is 17.0. The lowest BCUT2D eigenvalue weighted by atomic mass is 9.77. The van der Waals surface area contributed by atoms with E-state index in [9.17, 15) is 4.79 Å². The Kier molecular flexibility index (Phi) is 4.57. The van der Waals surface area contributed by atoms with E-state index >= 15 is 0 Å². The molecule has 0 spiro atoms. The highest BCUT2D eigenvalue weighted by Gasteiger charge is 2.36. The van der Waals surface area contributed by atoms with Crippen molar-refractivity contribution >= 4 is 5.78 Å². The molecule has 0 aliphatic carbocycles. The Labute approximate surface area is 144 Å². The summed E-state index contributed by atoms with van der Waals surface area (Å²) in [4.78, 5) is 13.1. The van der Waals surface area contributed by atoms with E-state index in [0.717, 1.165) is 28.2 Å². The topological polar surface area (TPSA) is 26.3 Å². The molecule has 0 saturated heterocycles. The number of Topliss-reactive ketones (excluding diaryl/α,β-unsaturated/α-hetero) is 1. The number of allylic oxidation sites excluding steroid dienone is 2. The van der Waals surface area contributed by atoms with Crippen LogP contribution in [0, 0.1) is 11.8 Å². The van der Waals surface area contributed by atoms with Gasteiger partial charge in [-0.3, -0.25) is 4.79 Å². The third kappa shape index (κ3) is 2.89. The van der Waals surface area contributed by atoms with Gasteiger partial charge in [0.1, 0.15) is 11.5 Å². The second-order valence-electron chi connectivity index (χ2n) is 6.94. The van der Waals surface area contributed by atoms with Crippen LogP contribution in [0.2, 0.25) is 0 Å². The first-order valence-corrected chi connectivity index (χ1v) is 8.60. The van der Waals surface area contributed by atoms with Gasteiger partial charge in [0, 0.05) is 28.9 Å². The highest BCUT2D eigenvalue weighted by Crippen LogP contribution is 2.45. The first-order chi connectivity index (χ1) is 11.5. The lowest BCUT2D eigenvalue weighted by Crippen LogP contribution is -2.27. The van der Waals surface area contributed by atoms with E-state index in [4.69, 9.17) is 4.74 Å². The van der Waals surface area contributed by atoms with Crippen LogP contribution in [0.25, 0.3) is 0 Å². The number of fused-ring (bicyclic) bond motifs is 1. The van der Waals surface area contributed by atoms with Crippen LogP contribution < -0.4 is 4.74 Å². The molecule has 1 aliphatic heterocycles. The minimum absolute atomic E-state index is 0.0613. The number of benzene rings is 2. The van der Waals surface area contributed by atoms with Crippen molar-refractivity contribution in [2.24, 2.45) is 11.8 Å². The average molecular weight is 320 g/mol. The molecule has 0 bridgehead atoms. The maximum Gasteiger partial charge on any atom is 0.165 e. The Bertz CT molecular complexity index is 770. The van der Waals surface area contributed by atoms with E-state index in [0.29, 0.717) is 0 Å². The molecule has 0 amide bonds. The Hall–Kier alpha value is -2.35. The van der Waals surface area contributed by atoms with Gasteiger partial charge in [0.05, 0.1) is 0 Å². The van der Waals surface area contributed by atoms with Gasteiger partial charge in [-0.05, 0) is 11.6 Å². The van der Waals surface area contributed by atoms with Crippen molar-refractivity contribution in [2.45, 2.75) is 33.6 Å². The largest absolute Gasteiger partial charge is 0.461 e. The molecule has 0 saturated carbocycles. The predicted octanol–water partition coefficient (Wildman–Crippen LogP) is 5.35. The number of ether oxygens (including phenoxy) is 1. The van der Waals surface area contributed by atoms with Gasteiger partial charge < -0.3 is 4.74 Å². The van der Waals surface area contributed by atoms with Gasteiger partial charge in [-0.15, -0.1) is 0 Å². The standard InChI is InChI=1S/C22H24O2/c1-14(2)21(23)20-19(16-10-6-5-7-11-16)17-12-8-9-13-18(17)24-22(20)15(3)4/h5-15,19H,1-4H3. The Morgan fingerprint density at radius 2 is 1.54 bits per heavy atom. The second kappa shape index (κ2) is 6.64. The van der Waals surface area contributed by atoms with Crippen LogP contribution in [0.1, 0.15) is 44.7 Å². The van der Waals surface area contributed by atoms with Crippen LogP contribution in [-0.2, 0) is 4.79 Å². The quantitative estimate of drug-likeness (QED) is 0.759. The van der Waals surface area contributed by atoms with Gasteiger partial charge in [-0.2, -0.15) is 0 Å². The van der Waals surface area contributed by atoms with Gasteiger partial charge in [0.25, 0.3) is 0 Å². The summed E-state index contributed by atoms with van der Waals surface area (Å²) in [7, 11) is 0. The zero-order valence-electron chi connectivity index (χ0n) is 14.7. The molecule has 0 radical (unpaired) electrons. The van der Waals surface area contributed by atoms with Gasteiger partial charge in [-0.1, -0.05) is 76.2 Å². The van der Waals surface area contributed by atoms with Crippen molar-refractivity contribution in [3.63, 3.8) is 0 Å². The number of carbonyl (C=O) groups is 1. The van der Waals surface area contributed by atoms with Crippen molar-refractivity contribution in [2.75, 3.05) is 0 Å². The molecule has 1 aliphatic rings. The van der Waals surface area contributed by atoms with Gasteiger partial charge in [0.2, 0.25) is 0 Å². The molecule has 3 rings (SSSR count). The number of para-hydroxylation sites is 1. The number of carbonyl (C=O) groups excluding carboxylic acids is 1. The zero-order chi connectivity index (χ0) is 17.3. The first-order valence-electron chi connectivity index (χ1n) is 8.60. The van der Waals surface area contributed by atoms with E-state index in [1.807, 2.05) is 50.2 Å². The second-order valence-corrected chi connectivity index (χ2v) is 6.94. The van der Waals surface area contributed by atoms with E-state index < -0.39 is 0 Å². The predicted molar refractivity (Wildman–Crippen MR) is 97.1 cm³/mol. The summed E-state index contributed by atoms with van der Waals surface area (Å²) in [5.41, 5.74) is 3.01. The molecule has 1 heterocycles. The molecule has 124 valence electrons. The van der Waals surface area contributed by atoms with E-state index in [1.54, 1.807) is 0 Å². The van der Waals surface area contributed by atoms with Crippen LogP contribution >= 0.6 is 0 Å². The summed E-state index contributed by atoms with van der Waals surface area (Å²) < 4.78 is 6.19. The minimum Gasteiger partial charge on any atom is -0.461 e. The number of rotatable bonds is 4. The van der Waals surface area contributed by atoms with Crippen LogP contribution in [0.15, 0.2) is 65.9 Å². The molecule has 24 heavy (non-hydrogen) atoms. The highest BCUT2D eigenvalue weighted by molar-refractivity contribution is 6.00. The summed E-state index contributed by atoms with van der Waals surface area (Å²) >= 11 is 0. The summed E-state index contributed by atoms with van der Waals surface area (Å²) in [6.07, 6.45) is 0. The first kappa shape index (κ1) is 16.5. The van der Waals surface area contributed by atoms with Crippen LogP contribution in [0.3, 0.4) is 0 Å². The monoisotopic (exact) mass is 320 g/mol. The summed E-state index contributed by atoms with van der Waals surface area (Å²) in [5.74, 6) is 1.86. The summed E-state index contributed by atoms with van der Waals surface area (Å²) in [6, 6.07) is 18.3. The summed E-state index contributed by atoms with van der Waals surface area (Å²) in [6.45, 7) is 8.07. The molecule has 2 nitrogen and oxygen atoms in total. The molecule has 0 aromatic heterocycles. The fraction of sp³-hybridized carbons (Fsp3) is 0.318. The zero-order valence-corrected chi connectivity index (χ0v) is 14.7. The number of hydrogen-bond donors (Lipinski definition) is 0. The van der Waals surface area contributed by atoms with Gasteiger partial charge >= 0.3 is 0 Å². The van der Waals surface area contributed by atoms with Crippen molar-refractivity contribution in [3.05, 3.63) is 77.1 Å². The lowest BCUT2D eigenvalue weighted by Gasteiger charge is -2.32. The Morgan fingerprint density at radius 3 is 2.17 bits per heavy atom. The van der Waals surface area contributed by atoms with Crippen LogP contribution in [0.5, 0.6) is 5.75 Å². The lowest BCUT2D eigenvalue weighted by molar-refractivity contribution is -0.118. The molecule has 2 aromatic rings. The van der Waals surface area contributed by atoms with Crippen molar-refractivity contribution < 1.29 is 9.53 Å². The third-order valence-corrected chi connectivity index (χ3v) is 4.45. The highest BCUT2D eigenvalue weighted by atomic mass is 16.5. The molecule has 2 heteroatoms. The Morgan fingerprint density at radius 1 is 0.917 bits per heavy atom. The number of hydrogen-bond acceptors (Lipinski definition) is 2. The fourth-order valence-corrected chi connectivity index (χ4v) is 3.28. The molecule has 0 fully saturated rings. The molecule has 2 aromatic carbocycles. The molecule has 1 unspecified atom stereocenters. The fourth-order valence-electron chi connectivity index (χ4n) is 3.28. The van der Waals surface area contributed by atoms with Crippen LogP contribution in [0.4, 0.5) is 0 Å². The Balaban J connectivity index is 2.27. The smallest absolute Gasteiger partial charge is 0.165 e. The van der Waals surface area contributed by atoms with Crippen molar-refractivity contribution in [1.29, 1.82) is 0 Å². The van der Waals surface area contributed by atoms with Gasteiger partial charge in [-0.25, -0.2) is 0 Å². The maximum atomic E-state index is 13.1. The molecule has 0 N–H and O–H groups in total. The molecular formula is C22H24O2.